The highest BCUT2D eigenvalue weighted by atomic mass is 79.9. The Balaban J connectivity index is 1.87. The lowest BCUT2D eigenvalue weighted by molar-refractivity contribution is 0.0174. The Bertz CT molecular complexity index is 625. The summed E-state index contributed by atoms with van der Waals surface area (Å²) < 4.78 is 18.9. The monoisotopic (exact) mass is 401 g/mol. The molecule has 6 nitrogen and oxygen atoms in total. The van der Waals surface area contributed by atoms with Crippen molar-refractivity contribution in [2.24, 2.45) is 0 Å². The summed E-state index contributed by atoms with van der Waals surface area (Å²) in [5, 5.41) is 2.73. The van der Waals surface area contributed by atoms with Gasteiger partial charge in [0, 0.05) is 30.7 Å². The molecule has 1 saturated heterocycles. The molecule has 1 aromatic rings. The molecule has 3 amide bonds. The predicted octanol–water partition coefficient (Wildman–Crippen LogP) is 3.67. The maximum atomic E-state index is 13.1. The van der Waals surface area contributed by atoms with Gasteiger partial charge in [0.1, 0.15) is 11.4 Å². The van der Waals surface area contributed by atoms with Gasteiger partial charge < -0.3 is 19.9 Å². The second kappa shape index (κ2) is 7.38. The third-order valence-corrected chi connectivity index (χ3v) is 4.05. The largest absolute Gasteiger partial charge is 0.444 e. The highest BCUT2D eigenvalue weighted by Crippen LogP contribution is 2.23. The van der Waals surface area contributed by atoms with Crippen LogP contribution in [0.5, 0.6) is 0 Å². The Kier molecular flexibility index (Phi) is 5.69. The lowest BCUT2D eigenvalue weighted by Gasteiger charge is -2.35. The van der Waals surface area contributed by atoms with Crippen LogP contribution in [-0.4, -0.2) is 53.7 Å². The van der Waals surface area contributed by atoms with E-state index >= 15 is 0 Å². The Morgan fingerprint density at radius 3 is 2.29 bits per heavy atom. The summed E-state index contributed by atoms with van der Waals surface area (Å²) >= 11 is 3.21. The lowest BCUT2D eigenvalue weighted by Crippen LogP contribution is -2.52. The van der Waals surface area contributed by atoms with Crippen molar-refractivity contribution in [3.05, 3.63) is 28.5 Å². The average Bonchev–Trinajstić information content (AvgIpc) is 2.48. The molecule has 1 fully saturated rings. The molecule has 0 radical (unpaired) electrons. The average molecular weight is 402 g/mol. The van der Waals surface area contributed by atoms with Crippen molar-refractivity contribution in [2.45, 2.75) is 26.4 Å². The summed E-state index contributed by atoms with van der Waals surface area (Å²) in [7, 11) is 0. The van der Waals surface area contributed by atoms with Crippen LogP contribution < -0.4 is 5.32 Å². The molecule has 1 N–H and O–H groups in total. The van der Waals surface area contributed by atoms with Gasteiger partial charge in [-0.3, -0.25) is 0 Å². The summed E-state index contributed by atoms with van der Waals surface area (Å²) in [4.78, 5) is 27.5. The second-order valence-corrected chi connectivity index (χ2v) is 7.36. The van der Waals surface area contributed by atoms with Crippen LogP contribution in [0, 0.1) is 5.82 Å². The molecule has 0 saturated carbocycles. The zero-order valence-electron chi connectivity index (χ0n) is 13.9. The number of nitrogens with zero attached hydrogens (tertiary/aromatic N) is 2. The molecule has 1 aliphatic rings. The van der Waals surface area contributed by atoms with E-state index in [9.17, 15) is 14.0 Å². The number of carbonyl (C=O) groups excluding carboxylic acids is 2. The van der Waals surface area contributed by atoms with Gasteiger partial charge in [0.2, 0.25) is 0 Å². The minimum atomic E-state index is -0.541. The van der Waals surface area contributed by atoms with Crippen LogP contribution in [0.2, 0.25) is 0 Å². The standard InChI is InChI=1S/C16H21BrFN3O3/c1-16(2,3)24-15(23)21-8-6-20(7-9-21)14(22)19-13-5-4-11(18)10-12(13)17/h4-5,10H,6-9H2,1-3H3,(H,19,22). The van der Waals surface area contributed by atoms with Crippen LogP contribution in [0.4, 0.5) is 19.7 Å². The van der Waals surface area contributed by atoms with Gasteiger partial charge >= 0.3 is 12.1 Å². The molecule has 132 valence electrons. The third-order valence-electron chi connectivity index (χ3n) is 3.39. The SMILES string of the molecule is CC(C)(C)OC(=O)N1CCN(C(=O)Nc2ccc(F)cc2Br)CC1. The van der Waals surface area contributed by atoms with E-state index in [0.29, 0.717) is 36.3 Å². The quantitative estimate of drug-likeness (QED) is 0.780. The Morgan fingerprint density at radius 1 is 1.17 bits per heavy atom. The number of ether oxygens (including phenoxy) is 1. The molecule has 1 aromatic carbocycles. The molecule has 0 spiro atoms. The Labute approximate surface area is 149 Å². The fraction of sp³-hybridized carbons (Fsp3) is 0.500. The summed E-state index contributed by atoms with van der Waals surface area (Å²) in [5.41, 5.74) is -0.0449. The number of hydrogen-bond donors (Lipinski definition) is 1. The van der Waals surface area contributed by atoms with E-state index in [1.807, 2.05) is 20.8 Å². The van der Waals surface area contributed by atoms with Crippen LogP contribution in [0.25, 0.3) is 0 Å². The summed E-state index contributed by atoms with van der Waals surface area (Å²) in [5.74, 6) is -0.383. The van der Waals surface area contributed by atoms with Gasteiger partial charge in [-0.05, 0) is 54.9 Å². The number of benzene rings is 1. The van der Waals surface area contributed by atoms with Gasteiger partial charge in [-0.15, -0.1) is 0 Å². The number of amides is 3. The first-order chi connectivity index (χ1) is 11.2. The van der Waals surface area contributed by atoms with E-state index in [4.69, 9.17) is 4.74 Å². The minimum absolute atomic E-state index is 0.286. The van der Waals surface area contributed by atoms with Gasteiger partial charge in [0.25, 0.3) is 0 Å². The van der Waals surface area contributed by atoms with E-state index in [1.54, 1.807) is 9.80 Å². The van der Waals surface area contributed by atoms with E-state index in [-0.39, 0.29) is 17.9 Å². The first-order valence-electron chi connectivity index (χ1n) is 7.64. The van der Waals surface area contributed by atoms with Gasteiger partial charge in [-0.1, -0.05) is 0 Å². The highest BCUT2D eigenvalue weighted by Gasteiger charge is 2.27. The molecular weight excluding hydrogens is 381 g/mol. The van der Waals surface area contributed by atoms with Gasteiger partial charge in [0.15, 0.2) is 0 Å². The Hall–Kier alpha value is -1.83. The molecule has 2 rings (SSSR count). The van der Waals surface area contributed by atoms with Crippen molar-refractivity contribution in [2.75, 3.05) is 31.5 Å². The number of urea groups is 1. The topological polar surface area (TPSA) is 61.9 Å². The van der Waals surface area contributed by atoms with Crippen LogP contribution in [0.15, 0.2) is 22.7 Å². The molecule has 0 atom stereocenters. The van der Waals surface area contributed by atoms with Crippen LogP contribution in [-0.2, 0) is 4.74 Å². The predicted molar refractivity (Wildman–Crippen MR) is 92.5 cm³/mol. The molecule has 0 aliphatic carbocycles. The van der Waals surface area contributed by atoms with Crippen molar-refractivity contribution in [3.8, 4) is 0 Å². The third kappa shape index (κ3) is 5.09. The van der Waals surface area contributed by atoms with E-state index in [0.717, 1.165) is 0 Å². The number of piperazine rings is 1. The number of nitrogens with one attached hydrogen (secondary N) is 1. The maximum absolute atomic E-state index is 13.1. The first kappa shape index (κ1) is 18.5. The molecule has 8 heteroatoms. The highest BCUT2D eigenvalue weighted by molar-refractivity contribution is 9.10. The van der Waals surface area contributed by atoms with Crippen molar-refractivity contribution < 1.29 is 18.7 Å². The van der Waals surface area contributed by atoms with E-state index < -0.39 is 5.60 Å². The van der Waals surface area contributed by atoms with Crippen molar-refractivity contribution >= 4 is 33.7 Å². The van der Waals surface area contributed by atoms with Gasteiger partial charge in [0.05, 0.1) is 5.69 Å². The Morgan fingerprint density at radius 2 is 1.75 bits per heavy atom. The van der Waals surface area contributed by atoms with Crippen molar-refractivity contribution in [1.29, 1.82) is 0 Å². The molecule has 0 unspecified atom stereocenters. The summed E-state index contributed by atoms with van der Waals surface area (Å²) in [6.07, 6.45) is -0.371. The number of rotatable bonds is 1. The molecule has 1 aliphatic heterocycles. The van der Waals surface area contributed by atoms with Crippen LogP contribution in [0.1, 0.15) is 20.8 Å². The molecule has 0 aromatic heterocycles. The molecule has 1 heterocycles. The zero-order chi connectivity index (χ0) is 17.9. The minimum Gasteiger partial charge on any atom is -0.444 e. The van der Waals surface area contributed by atoms with Gasteiger partial charge in [-0.2, -0.15) is 0 Å². The van der Waals surface area contributed by atoms with Crippen molar-refractivity contribution in [1.82, 2.24) is 9.80 Å². The number of carbonyl (C=O) groups is 2. The zero-order valence-corrected chi connectivity index (χ0v) is 15.5. The molecule has 24 heavy (non-hydrogen) atoms. The second-order valence-electron chi connectivity index (χ2n) is 6.51. The van der Waals surface area contributed by atoms with E-state index in [1.165, 1.54) is 18.2 Å². The normalized spacial score (nSPS) is 15.2. The first-order valence-corrected chi connectivity index (χ1v) is 8.44. The number of halogens is 2. The van der Waals surface area contributed by atoms with Gasteiger partial charge in [-0.25, -0.2) is 14.0 Å². The van der Waals surface area contributed by atoms with Crippen molar-refractivity contribution in [3.63, 3.8) is 0 Å². The number of anilines is 1. The fourth-order valence-electron chi connectivity index (χ4n) is 2.20. The maximum Gasteiger partial charge on any atom is 0.410 e. The fourth-order valence-corrected chi connectivity index (χ4v) is 2.65. The van der Waals surface area contributed by atoms with E-state index in [2.05, 4.69) is 21.2 Å². The van der Waals surface area contributed by atoms with Crippen LogP contribution >= 0.6 is 15.9 Å². The smallest absolute Gasteiger partial charge is 0.410 e. The summed E-state index contributed by atoms with van der Waals surface area (Å²) in [6.45, 7) is 7.08. The molecular formula is C16H21BrFN3O3. The number of hydrogen-bond acceptors (Lipinski definition) is 3. The lowest BCUT2D eigenvalue weighted by atomic mass is 10.2. The summed E-state index contributed by atoms with van der Waals surface area (Å²) in [6, 6.07) is 3.77. The molecule has 0 bridgehead atoms. The van der Waals surface area contributed by atoms with Crippen LogP contribution in [0.3, 0.4) is 0 Å².